The molecule has 7 nitrogen and oxygen atoms in total. The van der Waals surface area contributed by atoms with Gasteiger partial charge in [-0.15, -0.1) is 5.10 Å². The molecule has 1 aromatic heterocycles. The van der Waals surface area contributed by atoms with E-state index in [1.165, 1.54) is 5.56 Å². The lowest BCUT2D eigenvalue weighted by Gasteiger charge is -2.24. The molecule has 0 radical (unpaired) electrons. The molecule has 2 heterocycles. The number of H-pyrrole nitrogens is 1. The second-order valence-electron chi connectivity index (χ2n) is 8.14. The monoisotopic (exact) mass is 401 g/mol. The van der Waals surface area contributed by atoms with Crippen molar-refractivity contribution < 1.29 is 9.59 Å². The molecule has 2 N–H and O–H groups in total. The van der Waals surface area contributed by atoms with E-state index in [2.05, 4.69) is 33.5 Å². The number of benzene rings is 2. The molecule has 7 heteroatoms. The number of rotatable bonds is 4. The van der Waals surface area contributed by atoms with Crippen LogP contribution in [0.15, 0.2) is 54.6 Å². The van der Waals surface area contributed by atoms with Gasteiger partial charge in [0.2, 0.25) is 11.7 Å². The van der Waals surface area contributed by atoms with Crippen molar-refractivity contribution in [2.45, 2.75) is 25.3 Å². The number of anilines is 1. The number of carbonyl (C=O) groups is 2. The third kappa shape index (κ3) is 3.07. The second kappa shape index (κ2) is 7.09. The molecule has 4 atom stereocenters. The summed E-state index contributed by atoms with van der Waals surface area (Å²) in [6, 6.07) is 17.2. The van der Waals surface area contributed by atoms with Gasteiger partial charge in [-0.1, -0.05) is 55.5 Å². The molecule has 152 valence electrons. The number of hydrogen-bond donors (Lipinski definition) is 2. The van der Waals surface area contributed by atoms with E-state index < -0.39 is 11.9 Å². The minimum absolute atomic E-state index is 0.0583. The lowest BCUT2D eigenvalue weighted by atomic mass is 10.1. The van der Waals surface area contributed by atoms with Gasteiger partial charge in [-0.2, -0.15) is 0 Å². The van der Waals surface area contributed by atoms with E-state index in [0.717, 1.165) is 11.3 Å². The summed E-state index contributed by atoms with van der Waals surface area (Å²) < 4.78 is 0. The van der Waals surface area contributed by atoms with E-state index in [9.17, 15) is 9.59 Å². The van der Waals surface area contributed by atoms with Crippen LogP contribution in [0.5, 0.6) is 0 Å². The molecule has 2 aromatic carbocycles. The molecule has 1 aliphatic heterocycles. The molecular formula is C23H23N5O2. The van der Waals surface area contributed by atoms with Crippen LogP contribution in [0.1, 0.15) is 40.4 Å². The van der Waals surface area contributed by atoms with Crippen molar-refractivity contribution in [2.24, 2.45) is 11.8 Å². The first kappa shape index (κ1) is 18.5. The summed E-state index contributed by atoms with van der Waals surface area (Å²) in [4.78, 5) is 32.0. The van der Waals surface area contributed by atoms with Gasteiger partial charge in [0.15, 0.2) is 0 Å². The van der Waals surface area contributed by atoms with Crippen LogP contribution in [-0.2, 0) is 11.2 Å². The third-order valence-electron chi connectivity index (χ3n) is 6.32. The van der Waals surface area contributed by atoms with Gasteiger partial charge in [-0.25, -0.2) is 4.98 Å². The number of hydrogen-bond acceptors (Lipinski definition) is 4. The van der Waals surface area contributed by atoms with Gasteiger partial charge in [0.05, 0.1) is 0 Å². The predicted octanol–water partition coefficient (Wildman–Crippen LogP) is 2.52. The van der Waals surface area contributed by atoms with Gasteiger partial charge in [-0.3, -0.25) is 14.7 Å². The van der Waals surface area contributed by atoms with Crippen molar-refractivity contribution >= 4 is 17.5 Å². The lowest BCUT2D eigenvalue weighted by molar-refractivity contribution is -0.120. The Kier molecular flexibility index (Phi) is 4.38. The fraction of sp³-hybridized carbons (Fsp3) is 0.304. The number of carbonyl (C=O) groups excluding carboxylic acids is 2. The maximum Gasteiger partial charge on any atom is 0.291 e. The number of nitrogens with zero attached hydrogens (tertiary/aromatic N) is 3. The zero-order chi connectivity index (χ0) is 20.8. The number of fused-ring (bicyclic) bond motifs is 3. The van der Waals surface area contributed by atoms with Gasteiger partial charge >= 0.3 is 0 Å². The first-order valence-electron chi connectivity index (χ1n) is 10.2. The standard InChI is InChI=1S/C23H23N5O2/c1-13-18-15-10-6-7-11-16(15)28(2)23(30)20(19(13)18)25-22(29)21-24-17(26-27-21)12-14-8-4-3-5-9-14/h3-11,13,18-20H,12H2,1-2H3,(H,25,29)(H,24,26,27)/t13?,18?,19?,20-/m0/s1. The number of amides is 2. The molecule has 2 aliphatic rings. The van der Waals surface area contributed by atoms with Gasteiger partial charge in [0.1, 0.15) is 11.9 Å². The molecule has 30 heavy (non-hydrogen) atoms. The van der Waals surface area contributed by atoms with Crippen molar-refractivity contribution in [3.05, 3.63) is 77.4 Å². The number of likely N-dealkylation sites (N-methyl/N-ethyl adjacent to an activating group) is 1. The maximum absolute atomic E-state index is 13.2. The highest BCUT2D eigenvalue weighted by Gasteiger charge is 2.57. The van der Waals surface area contributed by atoms with Crippen molar-refractivity contribution in [2.75, 3.05) is 11.9 Å². The zero-order valence-corrected chi connectivity index (χ0v) is 16.9. The average Bonchev–Trinajstić information content (AvgIpc) is 3.21. The molecule has 3 aromatic rings. The summed E-state index contributed by atoms with van der Waals surface area (Å²) in [6.07, 6.45) is 0.559. The van der Waals surface area contributed by atoms with E-state index in [4.69, 9.17) is 0 Å². The summed E-state index contributed by atoms with van der Waals surface area (Å²) >= 11 is 0. The van der Waals surface area contributed by atoms with Crippen LogP contribution >= 0.6 is 0 Å². The molecule has 0 spiro atoms. The highest BCUT2D eigenvalue weighted by molar-refractivity contribution is 6.03. The molecule has 0 saturated heterocycles. The molecule has 0 bridgehead atoms. The van der Waals surface area contributed by atoms with E-state index in [1.54, 1.807) is 11.9 Å². The Morgan fingerprint density at radius 3 is 2.67 bits per heavy atom. The summed E-state index contributed by atoms with van der Waals surface area (Å²) in [5, 5.41) is 9.82. The van der Waals surface area contributed by atoms with E-state index in [-0.39, 0.29) is 23.6 Å². The SMILES string of the molecule is CC1C2c3ccccc3N(C)C(=O)[C@@H](NC(=O)c3n[nH]c(Cc4ccccc4)n3)C12. The lowest BCUT2D eigenvalue weighted by Crippen LogP contribution is -2.49. The van der Waals surface area contributed by atoms with Crippen molar-refractivity contribution in [1.82, 2.24) is 20.5 Å². The second-order valence-corrected chi connectivity index (χ2v) is 8.14. The maximum atomic E-state index is 13.2. The van der Waals surface area contributed by atoms with E-state index in [0.29, 0.717) is 18.2 Å². The first-order valence-corrected chi connectivity index (χ1v) is 10.2. The Bertz CT molecular complexity index is 1110. The largest absolute Gasteiger partial charge is 0.337 e. The molecule has 5 rings (SSSR count). The van der Waals surface area contributed by atoms with E-state index in [1.807, 2.05) is 48.5 Å². The van der Waals surface area contributed by atoms with Crippen molar-refractivity contribution in [3.8, 4) is 0 Å². The number of aromatic amines is 1. The Labute approximate surface area is 174 Å². The Balaban J connectivity index is 1.35. The van der Waals surface area contributed by atoms with Crippen LogP contribution in [-0.4, -0.2) is 40.1 Å². The minimum Gasteiger partial charge on any atom is -0.337 e. The highest BCUT2D eigenvalue weighted by atomic mass is 16.2. The first-order chi connectivity index (χ1) is 14.5. The van der Waals surface area contributed by atoms with Crippen molar-refractivity contribution in [3.63, 3.8) is 0 Å². The van der Waals surface area contributed by atoms with Crippen LogP contribution in [0.4, 0.5) is 5.69 Å². The predicted molar refractivity (Wildman–Crippen MR) is 112 cm³/mol. The van der Waals surface area contributed by atoms with Gasteiger partial charge in [-0.05, 0) is 34.9 Å². The smallest absolute Gasteiger partial charge is 0.291 e. The average molecular weight is 401 g/mol. The molecule has 1 saturated carbocycles. The van der Waals surface area contributed by atoms with Gasteiger partial charge < -0.3 is 10.2 Å². The van der Waals surface area contributed by atoms with Gasteiger partial charge in [0, 0.05) is 19.2 Å². The summed E-state index contributed by atoms with van der Waals surface area (Å²) in [7, 11) is 1.76. The molecule has 1 aliphatic carbocycles. The highest BCUT2D eigenvalue weighted by Crippen LogP contribution is 2.59. The van der Waals surface area contributed by atoms with Crippen LogP contribution in [0.2, 0.25) is 0 Å². The molecular weight excluding hydrogens is 378 g/mol. The quantitative estimate of drug-likeness (QED) is 0.703. The third-order valence-corrected chi connectivity index (χ3v) is 6.32. The number of para-hydroxylation sites is 1. The summed E-state index contributed by atoms with van der Waals surface area (Å²) in [5.41, 5.74) is 3.17. The summed E-state index contributed by atoms with van der Waals surface area (Å²) in [5.74, 6) is 0.809. The van der Waals surface area contributed by atoms with Crippen LogP contribution in [0, 0.1) is 11.8 Å². The topological polar surface area (TPSA) is 91.0 Å². The number of nitrogens with one attached hydrogen (secondary N) is 2. The fourth-order valence-electron chi connectivity index (χ4n) is 4.69. The van der Waals surface area contributed by atoms with E-state index >= 15 is 0 Å². The Morgan fingerprint density at radius 2 is 1.87 bits per heavy atom. The Hall–Kier alpha value is -3.48. The van der Waals surface area contributed by atoms with Crippen LogP contribution < -0.4 is 10.2 Å². The minimum atomic E-state index is -0.592. The molecule has 1 fully saturated rings. The number of aromatic nitrogens is 3. The van der Waals surface area contributed by atoms with Crippen LogP contribution in [0.25, 0.3) is 0 Å². The van der Waals surface area contributed by atoms with Crippen LogP contribution in [0.3, 0.4) is 0 Å². The Morgan fingerprint density at radius 1 is 1.13 bits per heavy atom. The fourth-order valence-corrected chi connectivity index (χ4v) is 4.69. The zero-order valence-electron chi connectivity index (χ0n) is 16.9. The summed E-state index contributed by atoms with van der Waals surface area (Å²) in [6.45, 7) is 2.13. The molecule has 3 unspecified atom stereocenters. The van der Waals surface area contributed by atoms with Gasteiger partial charge in [0.25, 0.3) is 5.91 Å². The van der Waals surface area contributed by atoms with Crippen molar-refractivity contribution in [1.29, 1.82) is 0 Å². The normalized spacial score (nSPS) is 24.6. The molecule has 2 amide bonds.